The van der Waals surface area contributed by atoms with Crippen molar-refractivity contribution in [1.29, 1.82) is 0 Å². The van der Waals surface area contributed by atoms with Gasteiger partial charge in [-0.3, -0.25) is 0 Å². The number of rotatable bonds is 3. The van der Waals surface area contributed by atoms with Gasteiger partial charge in [-0.05, 0) is 38.1 Å². The van der Waals surface area contributed by atoms with Crippen molar-refractivity contribution in [3.05, 3.63) is 52.5 Å². The van der Waals surface area contributed by atoms with Crippen molar-refractivity contribution >= 4 is 22.3 Å². The zero-order valence-corrected chi connectivity index (χ0v) is 12.2. The fourth-order valence-electron chi connectivity index (χ4n) is 2.05. The van der Waals surface area contributed by atoms with Gasteiger partial charge in [0, 0.05) is 0 Å². The Morgan fingerprint density at radius 3 is 2.76 bits per heavy atom. The van der Waals surface area contributed by atoms with Crippen LogP contribution >= 0.6 is 11.3 Å². The second-order valence-electron chi connectivity index (χ2n) is 4.56. The Hall–Kier alpha value is -2.28. The van der Waals surface area contributed by atoms with Crippen molar-refractivity contribution in [1.82, 2.24) is 14.6 Å². The maximum atomic E-state index is 12.8. The summed E-state index contributed by atoms with van der Waals surface area (Å²) in [4.78, 5) is 17.8. The van der Waals surface area contributed by atoms with Crippen molar-refractivity contribution in [2.24, 2.45) is 0 Å². The third-order valence-electron chi connectivity index (χ3n) is 3.12. The number of ether oxygens (including phenoxy) is 1. The smallest absolute Gasteiger partial charge is 0.338 e. The number of carbonyl (C=O) groups is 1. The van der Waals surface area contributed by atoms with Gasteiger partial charge in [0.1, 0.15) is 18.2 Å². The Bertz CT molecular complexity index is 794. The standard InChI is InChI=1S/C14H12FN3O2S/c1-8-12(21-14-16-7-17-18(8)14)9(2)20-13(19)10-3-5-11(15)6-4-10/h3-7,9H,1-2H3. The van der Waals surface area contributed by atoms with E-state index < -0.39 is 12.1 Å². The Kier molecular flexibility index (Phi) is 3.42. The molecule has 1 atom stereocenters. The van der Waals surface area contributed by atoms with Gasteiger partial charge >= 0.3 is 5.97 Å². The first-order chi connectivity index (χ1) is 10.1. The van der Waals surface area contributed by atoms with Crippen LogP contribution < -0.4 is 0 Å². The lowest BCUT2D eigenvalue weighted by atomic mass is 10.2. The van der Waals surface area contributed by atoms with E-state index in [0.29, 0.717) is 5.56 Å². The fraction of sp³-hybridized carbons (Fsp3) is 0.214. The molecule has 0 saturated carbocycles. The zero-order valence-electron chi connectivity index (χ0n) is 11.4. The molecule has 0 aliphatic heterocycles. The van der Waals surface area contributed by atoms with E-state index in [1.165, 1.54) is 41.9 Å². The molecule has 2 heterocycles. The first-order valence-corrected chi connectivity index (χ1v) is 7.13. The van der Waals surface area contributed by atoms with Crippen LogP contribution in [0.15, 0.2) is 30.6 Å². The maximum Gasteiger partial charge on any atom is 0.338 e. The van der Waals surface area contributed by atoms with Crippen LogP contribution in [0.25, 0.3) is 4.96 Å². The van der Waals surface area contributed by atoms with E-state index in [9.17, 15) is 9.18 Å². The highest BCUT2D eigenvalue weighted by Gasteiger charge is 2.20. The van der Waals surface area contributed by atoms with Crippen LogP contribution in [0.4, 0.5) is 4.39 Å². The number of aromatic nitrogens is 3. The van der Waals surface area contributed by atoms with Gasteiger partial charge in [-0.1, -0.05) is 11.3 Å². The molecule has 5 nitrogen and oxygen atoms in total. The summed E-state index contributed by atoms with van der Waals surface area (Å²) in [7, 11) is 0. The molecule has 3 aromatic rings. The van der Waals surface area contributed by atoms with Crippen molar-refractivity contribution in [3.63, 3.8) is 0 Å². The number of fused-ring (bicyclic) bond motifs is 1. The molecule has 0 aliphatic carbocycles. The normalized spacial score (nSPS) is 12.5. The summed E-state index contributed by atoms with van der Waals surface area (Å²) in [5, 5.41) is 4.10. The van der Waals surface area contributed by atoms with Crippen LogP contribution in [-0.2, 0) is 4.74 Å². The molecule has 3 rings (SSSR count). The Morgan fingerprint density at radius 1 is 1.38 bits per heavy atom. The summed E-state index contributed by atoms with van der Waals surface area (Å²) in [6.45, 7) is 3.69. The van der Waals surface area contributed by atoms with Crippen LogP contribution in [0, 0.1) is 12.7 Å². The molecule has 1 aromatic carbocycles. The van der Waals surface area contributed by atoms with Gasteiger partial charge in [-0.2, -0.15) is 5.10 Å². The topological polar surface area (TPSA) is 56.5 Å². The number of thiazole rings is 1. The Balaban J connectivity index is 1.80. The minimum Gasteiger partial charge on any atom is -0.453 e. The summed E-state index contributed by atoms with van der Waals surface area (Å²) >= 11 is 1.43. The number of hydrogen-bond acceptors (Lipinski definition) is 5. The van der Waals surface area contributed by atoms with Crippen molar-refractivity contribution in [2.45, 2.75) is 20.0 Å². The lowest BCUT2D eigenvalue weighted by molar-refractivity contribution is 0.0343. The monoisotopic (exact) mass is 305 g/mol. The highest BCUT2D eigenvalue weighted by molar-refractivity contribution is 7.17. The number of nitrogens with zero attached hydrogens (tertiary/aromatic N) is 3. The number of benzene rings is 1. The van der Waals surface area contributed by atoms with E-state index >= 15 is 0 Å². The molecule has 1 unspecified atom stereocenters. The van der Waals surface area contributed by atoms with E-state index in [2.05, 4.69) is 10.1 Å². The third-order valence-corrected chi connectivity index (χ3v) is 4.43. The van der Waals surface area contributed by atoms with Gasteiger partial charge in [-0.15, -0.1) is 0 Å². The summed E-state index contributed by atoms with van der Waals surface area (Å²) in [6, 6.07) is 5.27. The SMILES string of the molecule is Cc1c(C(C)OC(=O)c2ccc(F)cc2)sc2ncnn12. The minimum atomic E-state index is -0.485. The minimum absolute atomic E-state index is 0.320. The molecule has 108 valence electrons. The molecule has 0 fully saturated rings. The molecule has 0 aliphatic rings. The predicted octanol–water partition coefficient (Wildman–Crippen LogP) is 3.16. The lowest BCUT2D eigenvalue weighted by Crippen LogP contribution is -2.09. The second-order valence-corrected chi connectivity index (χ2v) is 5.57. The fourth-order valence-corrected chi connectivity index (χ4v) is 3.07. The van der Waals surface area contributed by atoms with Crippen molar-refractivity contribution in [2.75, 3.05) is 0 Å². The van der Waals surface area contributed by atoms with Gasteiger partial charge in [-0.25, -0.2) is 18.7 Å². The summed E-state index contributed by atoms with van der Waals surface area (Å²) in [6.07, 6.45) is 1.06. The van der Waals surface area contributed by atoms with Gasteiger partial charge < -0.3 is 4.74 Å². The molecule has 21 heavy (non-hydrogen) atoms. The molecule has 7 heteroatoms. The van der Waals surface area contributed by atoms with Crippen molar-refractivity contribution < 1.29 is 13.9 Å². The van der Waals surface area contributed by atoms with E-state index in [1.807, 2.05) is 6.92 Å². The molecule has 0 N–H and O–H groups in total. The van der Waals surface area contributed by atoms with Crippen LogP contribution in [0.2, 0.25) is 0 Å². The molecule has 0 spiro atoms. The molecular weight excluding hydrogens is 293 g/mol. The van der Waals surface area contributed by atoms with Gasteiger partial charge in [0.25, 0.3) is 0 Å². The summed E-state index contributed by atoms with van der Waals surface area (Å²) in [5.41, 5.74) is 1.22. The van der Waals surface area contributed by atoms with E-state index in [1.54, 1.807) is 11.4 Å². The Labute approximate surface area is 124 Å². The molecule has 0 radical (unpaired) electrons. The lowest BCUT2D eigenvalue weighted by Gasteiger charge is -2.12. The van der Waals surface area contributed by atoms with Gasteiger partial charge in [0.05, 0.1) is 16.1 Å². The first kappa shape index (κ1) is 13.7. The molecule has 2 aromatic heterocycles. The van der Waals surface area contributed by atoms with Crippen LogP contribution in [0.3, 0.4) is 0 Å². The molecule has 0 saturated heterocycles. The van der Waals surface area contributed by atoms with Gasteiger partial charge in [0.15, 0.2) is 0 Å². The number of halogens is 1. The average Bonchev–Trinajstić information content (AvgIpc) is 3.03. The first-order valence-electron chi connectivity index (χ1n) is 6.32. The summed E-state index contributed by atoms with van der Waals surface area (Å²) < 4.78 is 20.0. The maximum absolute atomic E-state index is 12.8. The van der Waals surface area contributed by atoms with E-state index in [-0.39, 0.29) is 5.82 Å². The molecule has 0 bridgehead atoms. The molecular formula is C14H12FN3O2S. The van der Waals surface area contributed by atoms with Crippen LogP contribution in [0.1, 0.15) is 34.0 Å². The highest BCUT2D eigenvalue weighted by atomic mass is 32.1. The highest BCUT2D eigenvalue weighted by Crippen LogP contribution is 2.29. The largest absolute Gasteiger partial charge is 0.453 e. The number of esters is 1. The van der Waals surface area contributed by atoms with Crippen LogP contribution in [-0.4, -0.2) is 20.6 Å². The van der Waals surface area contributed by atoms with E-state index in [4.69, 9.17) is 4.74 Å². The zero-order chi connectivity index (χ0) is 15.0. The summed E-state index contributed by atoms with van der Waals surface area (Å²) in [5.74, 6) is -0.873. The van der Waals surface area contributed by atoms with E-state index in [0.717, 1.165) is 15.5 Å². The van der Waals surface area contributed by atoms with Crippen LogP contribution in [0.5, 0.6) is 0 Å². The number of hydrogen-bond donors (Lipinski definition) is 0. The quantitative estimate of drug-likeness (QED) is 0.697. The average molecular weight is 305 g/mol. The van der Waals surface area contributed by atoms with Crippen molar-refractivity contribution in [3.8, 4) is 0 Å². The Morgan fingerprint density at radius 2 is 2.10 bits per heavy atom. The third kappa shape index (κ3) is 2.52. The second kappa shape index (κ2) is 5.25. The predicted molar refractivity (Wildman–Crippen MR) is 75.8 cm³/mol. The number of carbonyl (C=O) groups excluding carboxylic acids is 1. The van der Waals surface area contributed by atoms with Gasteiger partial charge in [0.2, 0.25) is 4.96 Å². The molecule has 0 amide bonds. The number of aryl methyl sites for hydroxylation is 1.